The van der Waals surface area contributed by atoms with Crippen LogP contribution in [0.15, 0.2) is 36.4 Å². The lowest BCUT2D eigenvalue weighted by atomic mass is 10.1. The van der Waals surface area contributed by atoms with Crippen LogP contribution < -0.4 is 0 Å². The van der Waals surface area contributed by atoms with E-state index < -0.39 is 17.7 Å². The summed E-state index contributed by atoms with van der Waals surface area (Å²) in [5, 5.41) is 18.8. The van der Waals surface area contributed by atoms with Gasteiger partial charge in [0.1, 0.15) is 11.9 Å². The van der Waals surface area contributed by atoms with Crippen LogP contribution in [0.2, 0.25) is 10.0 Å². The summed E-state index contributed by atoms with van der Waals surface area (Å²) in [6, 6.07) is 11.8. The molecule has 1 amide bonds. The maximum atomic E-state index is 12.5. The van der Waals surface area contributed by atoms with Crippen LogP contribution in [0, 0.1) is 30.0 Å². The highest BCUT2D eigenvalue weighted by atomic mass is 35.5. The summed E-state index contributed by atoms with van der Waals surface area (Å²) < 4.78 is 49.5. The molecule has 1 heterocycles. The molecule has 2 atom stereocenters. The Morgan fingerprint density at radius 2 is 1.83 bits per heavy atom. The first-order valence-corrected chi connectivity index (χ1v) is 11.6. The monoisotopic (exact) mass is 534 g/mol. The third-order valence-corrected chi connectivity index (χ3v) is 5.99. The van der Waals surface area contributed by atoms with Crippen molar-refractivity contribution in [3.63, 3.8) is 0 Å². The number of amides is 1. The molecular weight excluding hydrogens is 507 g/mol. The normalized spacial score (nSPS) is 16.7. The van der Waals surface area contributed by atoms with Crippen molar-refractivity contribution in [3.05, 3.63) is 69.0 Å². The summed E-state index contributed by atoms with van der Waals surface area (Å²) in [5.41, 5.74) is -0.796. The predicted molar refractivity (Wildman–Crippen MR) is 129 cm³/mol. The fourth-order valence-electron chi connectivity index (χ4n) is 3.07. The molecule has 1 saturated heterocycles. The van der Waals surface area contributed by atoms with E-state index in [4.69, 9.17) is 33.6 Å². The Balaban J connectivity index is 0.000000271. The molecule has 1 aliphatic rings. The first-order valence-electron chi connectivity index (χ1n) is 10.8. The lowest BCUT2D eigenvalue weighted by Crippen LogP contribution is -2.55. The molecule has 4 nitrogen and oxygen atoms in total. The number of hydrogen-bond acceptors (Lipinski definition) is 3. The van der Waals surface area contributed by atoms with Crippen molar-refractivity contribution < 1.29 is 27.5 Å². The minimum absolute atomic E-state index is 0.193. The molecule has 35 heavy (non-hydrogen) atoms. The zero-order chi connectivity index (χ0) is 27.0. The van der Waals surface area contributed by atoms with E-state index in [1.165, 1.54) is 12.1 Å². The Bertz CT molecular complexity index is 1040. The van der Waals surface area contributed by atoms with E-state index in [2.05, 4.69) is 0 Å². The Morgan fingerprint density at radius 3 is 2.26 bits per heavy atom. The van der Waals surface area contributed by atoms with E-state index in [-0.39, 0.29) is 24.8 Å². The SMILES string of the molecule is CC1CCN(C(=O)C(C)(O)C(F)(F)F)C1.CCc1cc(F)ccc1Cl.Cc1ccc(C#N)c(Cl)c1. The standard InChI is InChI=1S/C9H14F3NO2.C8H8ClF.C8H6ClN/c1-6-3-4-13(5-6)7(14)8(2,15)9(10,11)12;1-2-6-5-7(10)3-4-8(6)9;1-6-2-3-7(5-10)8(9)4-6/h6,15H,3-5H2,1-2H3;3-5H,2H2,1H3;2-4H,1H3. The van der Waals surface area contributed by atoms with Gasteiger partial charge in [0.25, 0.3) is 5.91 Å². The Labute approximate surface area is 213 Å². The molecule has 10 heteroatoms. The number of alkyl halides is 3. The van der Waals surface area contributed by atoms with Gasteiger partial charge in [-0.25, -0.2) is 4.39 Å². The summed E-state index contributed by atoms with van der Waals surface area (Å²) in [7, 11) is 0. The van der Waals surface area contributed by atoms with E-state index in [9.17, 15) is 22.4 Å². The highest BCUT2D eigenvalue weighted by molar-refractivity contribution is 6.31. The average molecular weight is 535 g/mol. The Hall–Kier alpha value is -2.34. The summed E-state index contributed by atoms with van der Waals surface area (Å²) in [6.07, 6.45) is -3.47. The average Bonchev–Trinajstić information content (AvgIpc) is 3.21. The van der Waals surface area contributed by atoms with Crippen LogP contribution in [0.1, 0.15) is 43.9 Å². The smallest absolute Gasteiger partial charge is 0.373 e. The van der Waals surface area contributed by atoms with Crippen LogP contribution in [0.3, 0.4) is 0 Å². The van der Waals surface area contributed by atoms with Gasteiger partial charge in [0.2, 0.25) is 5.60 Å². The number of aliphatic hydroxyl groups is 1. The van der Waals surface area contributed by atoms with Gasteiger partial charge in [-0.15, -0.1) is 0 Å². The molecule has 0 radical (unpaired) electrons. The van der Waals surface area contributed by atoms with E-state index in [1.54, 1.807) is 18.2 Å². The first-order chi connectivity index (χ1) is 16.1. The molecule has 0 aromatic heterocycles. The lowest BCUT2D eigenvalue weighted by molar-refractivity contribution is -0.249. The van der Waals surface area contributed by atoms with Gasteiger partial charge in [0.05, 0.1) is 10.6 Å². The quantitative estimate of drug-likeness (QED) is 0.434. The molecule has 0 spiro atoms. The zero-order valence-electron chi connectivity index (χ0n) is 19.9. The number of likely N-dealkylation sites (tertiary alicyclic amines) is 1. The number of carbonyl (C=O) groups is 1. The van der Waals surface area contributed by atoms with Crippen molar-refractivity contribution in [1.82, 2.24) is 4.90 Å². The molecular formula is C25H28Cl2F4N2O2. The molecule has 192 valence electrons. The molecule has 0 saturated carbocycles. The third-order valence-electron chi connectivity index (χ3n) is 5.31. The second kappa shape index (κ2) is 13.1. The summed E-state index contributed by atoms with van der Waals surface area (Å²) in [4.78, 5) is 12.5. The molecule has 1 aliphatic heterocycles. The van der Waals surface area contributed by atoms with E-state index in [0.717, 1.165) is 22.4 Å². The van der Waals surface area contributed by atoms with Gasteiger partial charge >= 0.3 is 6.18 Å². The van der Waals surface area contributed by atoms with Crippen molar-refractivity contribution in [1.29, 1.82) is 5.26 Å². The largest absolute Gasteiger partial charge is 0.426 e. The number of carbonyl (C=O) groups excluding carboxylic acids is 1. The van der Waals surface area contributed by atoms with Crippen LogP contribution in [-0.2, 0) is 11.2 Å². The second-order valence-electron chi connectivity index (χ2n) is 8.40. The molecule has 3 rings (SSSR count). The van der Waals surface area contributed by atoms with Gasteiger partial charge in [-0.1, -0.05) is 43.1 Å². The van der Waals surface area contributed by atoms with Crippen LogP contribution in [0.25, 0.3) is 0 Å². The maximum absolute atomic E-state index is 12.5. The molecule has 1 fully saturated rings. The molecule has 2 aromatic carbocycles. The first kappa shape index (κ1) is 30.7. The molecule has 1 N–H and O–H groups in total. The highest BCUT2D eigenvalue weighted by Crippen LogP contribution is 2.33. The third kappa shape index (κ3) is 8.99. The fourth-order valence-corrected chi connectivity index (χ4v) is 3.60. The van der Waals surface area contributed by atoms with Gasteiger partial charge in [0, 0.05) is 18.1 Å². The van der Waals surface area contributed by atoms with Crippen LogP contribution in [0.4, 0.5) is 17.6 Å². The molecule has 2 aromatic rings. The summed E-state index contributed by atoms with van der Waals surface area (Å²) >= 11 is 11.4. The van der Waals surface area contributed by atoms with Crippen molar-refractivity contribution >= 4 is 29.1 Å². The fraction of sp³-hybridized carbons (Fsp3) is 0.440. The Kier molecular flexibility index (Phi) is 11.5. The topological polar surface area (TPSA) is 64.3 Å². The number of aryl methyl sites for hydroxylation is 2. The van der Waals surface area contributed by atoms with Crippen molar-refractivity contribution in [2.45, 2.75) is 52.3 Å². The molecule has 2 unspecified atom stereocenters. The van der Waals surface area contributed by atoms with E-state index >= 15 is 0 Å². The van der Waals surface area contributed by atoms with E-state index in [0.29, 0.717) is 29.0 Å². The zero-order valence-corrected chi connectivity index (χ0v) is 21.4. The number of nitriles is 1. The van der Waals surface area contributed by atoms with Gasteiger partial charge < -0.3 is 10.0 Å². The molecule has 0 bridgehead atoms. The lowest BCUT2D eigenvalue weighted by Gasteiger charge is -2.29. The van der Waals surface area contributed by atoms with Crippen LogP contribution in [-0.4, -0.2) is 40.8 Å². The number of hydrogen-bond donors (Lipinski definition) is 1. The second-order valence-corrected chi connectivity index (χ2v) is 9.21. The number of halogens is 6. The van der Waals surface area contributed by atoms with Crippen LogP contribution >= 0.6 is 23.2 Å². The van der Waals surface area contributed by atoms with Crippen LogP contribution in [0.5, 0.6) is 0 Å². The highest BCUT2D eigenvalue weighted by Gasteiger charge is 2.57. The minimum Gasteiger partial charge on any atom is -0.373 e. The number of rotatable bonds is 2. The van der Waals surface area contributed by atoms with E-state index in [1.807, 2.05) is 32.9 Å². The maximum Gasteiger partial charge on any atom is 0.426 e. The summed E-state index contributed by atoms with van der Waals surface area (Å²) in [6.45, 7) is 6.80. The Morgan fingerprint density at radius 1 is 1.20 bits per heavy atom. The van der Waals surface area contributed by atoms with Gasteiger partial charge in [0.15, 0.2) is 0 Å². The predicted octanol–water partition coefficient (Wildman–Crippen LogP) is 6.73. The van der Waals surface area contributed by atoms with Gasteiger partial charge in [-0.2, -0.15) is 18.4 Å². The van der Waals surface area contributed by atoms with Gasteiger partial charge in [-0.05, 0) is 74.1 Å². The number of benzene rings is 2. The molecule has 0 aliphatic carbocycles. The van der Waals surface area contributed by atoms with Gasteiger partial charge in [-0.3, -0.25) is 4.79 Å². The summed E-state index contributed by atoms with van der Waals surface area (Å²) in [5.74, 6) is -1.28. The van der Waals surface area contributed by atoms with Crippen molar-refractivity contribution in [2.75, 3.05) is 13.1 Å². The van der Waals surface area contributed by atoms with Crippen molar-refractivity contribution in [2.24, 2.45) is 5.92 Å². The van der Waals surface area contributed by atoms with Crippen molar-refractivity contribution in [3.8, 4) is 6.07 Å². The number of nitrogens with zero attached hydrogens (tertiary/aromatic N) is 2. The minimum atomic E-state index is -4.92.